The first-order chi connectivity index (χ1) is 11.3. The van der Waals surface area contributed by atoms with Crippen LogP contribution in [0.25, 0.3) is 11.4 Å². The highest BCUT2D eigenvalue weighted by molar-refractivity contribution is 5.55. The third-order valence-electron chi connectivity index (χ3n) is 5.46. The lowest BCUT2D eigenvalue weighted by Crippen LogP contribution is -2.49. The highest BCUT2D eigenvalue weighted by Crippen LogP contribution is 2.32. The average Bonchev–Trinajstić information content (AvgIpc) is 3.03. The fraction of sp³-hybridized carbons (Fsp3) is 0.526. The minimum Gasteiger partial charge on any atom is -0.331 e. The highest BCUT2D eigenvalue weighted by atomic mass is 19.1. The summed E-state index contributed by atoms with van der Waals surface area (Å²) < 4.78 is 15.7. The number of fused-ring (bicyclic) bond motifs is 1. The summed E-state index contributed by atoms with van der Waals surface area (Å²) in [5, 5.41) is 0. The van der Waals surface area contributed by atoms with Crippen LogP contribution in [0.15, 0.2) is 36.7 Å². The Bertz CT molecular complexity index is 664. The molecule has 0 bridgehead atoms. The van der Waals surface area contributed by atoms with Gasteiger partial charge in [-0.3, -0.25) is 0 Å². The van der Waals surface area contributed by atoms with Crippen LogP contribution < -0.4 is 0 Å². The largest absolute Gasteiger partial charge is 0.331 e. The van der Waals surface area contributed by atoms with Crippen molar-refractivity contribution in [3.05, 3.63) is 42.5 Å². The maximum absolute atomic E-state index is 13.5. The van der Waals surface area contributed by atoms with Gasteiger partial charge in [-0.1, -0.05) is 18.6 Å². The van der Waals surface area contributed by atoms with Crippen LogP contribution in [0.1, 0.15) is 32.1 Å². The van der Waals surface area contributed by atoms with Crippen molar-refractivity contribution in [3.8, 4) is 11.4 Å². The number of rotatable bonds is 3. The van der Waals surface area contributed by atoms with Gasteiger partial charge in [0.15, 0.2) is 0 Å². The highest BCUT2D eigenvalue weighted by Gasteiger charge is 2.33. The summed E-state index contributed by atoms with van der Waals surface area (Å²) >= 11 is 0. The number of hydrogen-bond donors (Lipinski definition) is 0. The van der Waals surface area contributed by atoms with Crippen LogP contribution in [-0.4, -0.2) is 33.6 Å². The molecule has 4 rings (SSSR count). The van der Waals surface area contributed by atoms with Crippen LogP contribution >= 0.6 is 0 Å². The monoisotopic (exact) mass is 313 g/mol. The first-order valence-electron chi connectivity index (χ1n) is 8.82. The van der Waals surface area contributed by atoms with Gasteiger partial charge in [0.1, 0.15) is 11.6 Å². The minimum absolute atomic E-state index is 0.201. The van der Waals surface area contributed by atoms with E-state index in [0.717, 1.165) is 24.0 Å². The Hall–Kier alpha value is -1.68. The average molecular weight is 313 g/mol. The molecular formula is C19H24FN3. The zero-order valence-electron chi connectivity index (χ0n) is 13.5. The molecule has 0 N–H and O–H groups in total. The summed E-state index contributed by atoms with van der Waals surface area (Å²) in [6, 6.07) is 7.48. The minimum atomic E-state index is -0.201. The fourth-order valence-corrected chi connectivity index (χ4v) is 4.39. The zero-order valence-corrected chi connectivity index (χ0v) is 13.5. The number of nitrogens with zero attached hydrogens (tertiary/aromatic N) is 3. The Labute approximate surface area is 137 Å². The van der Waals surface area contributed by atoms with Gasteiger partial charge in [-0.05, 0) is 56.8 Å². The molecule has 1 aromatic carbocycles. The molecule has 2 aliphatic rings. The maximum Gasteiger partial charge on any atom is 0.139 e. The summed E-state index contributed by atoms with van der Waals surface area (Å²) in [7, 11) is 0. The predicted molar refractivity (Wildman–Crippen MR) is 89.6 cm³/mol. The van der Waals surface area contributed by atoms with Gasteiger partial charge in [-0.15, -0.1) is 0 Å². The molecule has 2 fully saturated rings. The quantitative estimate of drug-likeness (QED) is 0.855. The lowest BCUT2D eigenvalue weighted by Gasteiger charge is -2.44. The van der Waals surface area contributed by atoms with Crippen molar-refractivity contribution in [2.24, 2.45) is 5.92 Å². The Morgan fingerprint density at radius 3 is 2.96 bits per heavy atom. The van der Waals surface area contributed by atoms with E-state index in [9.17, 15) is 4.39 Å². The summed E-state index contributed by atoms with van der Waals surface area (Å²) in [5.41, 5.74) is 0.867. The number of imidazole rings is 1. The molecule has 2 aliphatic heterocycles. The van der Waals surface area contributed by atoms with E-state index >= 15 is 0 Å². The molecule has 3 nitrogen and oxygen atoms in total. The molecular weight excluding hydrogens is 289 g/mol. The van der Waals surface area contributed by atoms with Gasteiger partial charge in [0, 0.05) is 30.5 Å². The van der Waals surface area contributed by atoms with Gasteiger partial charge in [-0.2, -0.15) is 0 Å². The van der Waals surface area contributed by atoms with Crippen LogP contribution in [-0.2, 0) is 6.54 Å². The Morgan fingerprint density at radius 1 is 1.13 bits per heavy atom. The van der Waals surface area contributed by atoms with Crippen molar-refractivity contribution in [2.45, 2.75) is 44.7 Å². The second-order valence-corrected chi connectivity index (χ2v) is 6.91. The molecule has 2 atom stereocenters. The maximum atomic E-state index is 13.5. The molecule has 122 valence electrons. The topological polar surface area (TPSA) is 21.1 Å². The van der Waals surface area contributed by atoms with Crippen molar-refractivity contribution < 1.29 is 4.39 Å². The SMILES string of the molecule is Fc1cccc(-c2nccn2C[C@@H]2CCCN3CCCC[C@H]23)c1. The molecule has 0 amide bonds. The number of aromatic nitrogens is 2. The second-order valence-electron chi connectivity index (χ2n) is 6.91. The molecule has 3 heterocycles. The summed E-state index contributed by atoms with van der Waals surface area (Å²) in [4.78, 5) is 7.17. The van der Waals surface area contributed by atoms with E-state index in [1.807, 2.05) is 18.5 Å². The summed E-state index contributed by atoms with van der Waals surface area (Å²) in [5.74, 6) is 1.37. The standard InChI is InChI=1S/C19H24FN3/c20-17-7-3-5-15(13-17)19-21-9-12-23(19)14-16-6-4-11-22-10-2-1-8-18(16)22/h3,5,7,9,12-13,16,18H,1-2,4,6,8,10-11,14H2/t16-,18+/m0/s1. The number of benzene rings is 1. The molecule has 0 radical (unpaired) electrons. The van der Waals surface area contributed by atoms with Crippen LogP contribution in [0.2, 0.25) is 0 Å². The van der Waals surface area contributed by atoms with Gasteiger partial charge < -0.3 is 9.47 Å². The molecule has 0 unspecified atom stereocenters. The molecule has 2 saturated heterocycles. The molecule has 0 spiro atoms. The molecule has 23 heavy (non-hydrogen) atoms. The van der Waals surface area contributed by atoms with Crippen molar-refractivity contribution in [1.82, 2.24) is 14.5 Å². The fourth-order valence-electron chi connectivity index (χ4n) is 4.39. The van der Waals surface area contributed by atoms with E-state index < -0.39 is 0 Å². The third-order valence-corrected chi connectivity index (χ3v) is 5.46. The van der Waals surface area contributed by atoms with Gasteiger partial charge in [0.2, 0.25) is 0 Å². The van der Waals surface area contributed by atoms with E-state index in [-0.39, 0.29) is 5.82 Å². The molecule has 0 aliphatic carbocycles. The van der Waals surface area contributed by atoms with Gasteiger partial charge in [-0.25, -0.2) is 9.37 Å². The lowest BCUT2D eigenvalue weighted by atomic mass is 9.83. The van der Waals surface area contributed by atoms with E-state index in [1.54, 1.807) is 12.1 Å². The summed E-state index contributed by atoms with van der Waals surface area (Å²) in [6.07, 6.45) is 10.5. The predicted octanol–water partition coefficient (Wildman–Crippen LogP) is 3.95. The molecule has 0 saturated carbocycles. The third kappa shape index (κ3) is 3.05. The van der Waals surface area contributed by atoms with Crippen LogP contribution in [0.4, 0.5) is 4.39 Å². The van der Waals surface area contributed by atoms with Gasteiger partial charge >= 0.3 is 0 Å². The van der Waals surface area contributed by atoms with Gasteiger partial charge in [0.05, 0.1) is 0 Å². The number of halogens is 1. The first kappa shape index (κ1) is 14.9. The number of piperidine rings is 2. The Balaban J connectivity index is 1.56. The smallest absolute Gasteiger partial charge is 0.139 e. The van der Waals surface area contributed by atoms with Crippen LogP contribution in [0.5, 0.6) is 0 Å². The Kier molecular flexibility index (Phi) is 4.17. The number of hydrogen-bond acceptors (Lipinski definition) is 2. The molecule has 2 aromatic rings. The molecule has 4 heteroatoms. The van der Waals surface area contributed by atoms with Crippen LogP contribution in [0.3, 0.4) is 0 Å². The first-order valence-corrected chi connectivity index (χ1v) is 8.82. The van der Waals surface area contributed by atoms with E-state index in [4.69, 9.17) is 0 Å². The zero-order chi connectivity index (χ0) is 15.6. The van der Waals surface area contributed by atoms with Crippen molar-refractivity contribution in [3.63, 3.8) is 0 Å². The van der Waals surface area contributed by atoms with E-state index in [1.165, 1.54) is 51.3 Å². The molecule has 1 aromatic heterocycles. The summed E-state index contributed by atoms with van der Waals surface area (Å²) in [6.45, 7) is 3.52. The van der Waals surface area contributed by atoms with Crippen molar-refractivity contribution in [1.29, 1.82) is 0 Å². The lowest BCUT2D eigenvalue weighted by molar-refractivity contribution is 0.0521. The van der Waals surface area contributed by atoms with E-state index in [2.05, 4.69) is 14.5 Å². The van der Waals surface area contributed by atoms with E-state index in [0.29, 0.717) is 5.92 Å². The van der Waals surface area contributed by atoms with Gasteiger partial charge in [0.25, 0.3) is 0 Å². The van der Waals surface area contributed by atoms with Crippen LogP contribution in [0, 0.1) is 11.7 Å². The van der Waals surface area contributed by atoms with Crippen molar-refractivity contribution in [2.75, 3.05) is 13.1 Å². The normalized spacial score (nSPS) is 25.3. The van der Waals surface area contributed by atoms with Crippen molar-refractivity contribution >= 4 is 0 Å². The second kappa shape index (κ2) is 6.44. The Morgan fingerprint density at radius 2 is 2.04 bits per heavy atom.